The van der Waals surface area contributed by atoms with Crippen molar-refractivity contribution in [1.82, 2.24) is 4.90 Å². The monoisotopic (exact) mass is 227 g/mol. The van der Waals surface area contributed by atoms with Crippen molar-refractivity contribution in [2.24, 2.45) is 5.41 Å². The van der Waals surface area contributed by atoms with Gasteiger partial charge in [-0.2, -0.15) is 0 Å². The van der Waals surface area contributed by atoms with E-state index < -0.39 is 5.60 Å². The molecule has 16 heavy (non-hydrogen) atoms. The third-order valence-electron chi connectivity index (χ3n) is 2.88. The standard InChI is InChI=1S/C13H25NO2/c1-12(2,3)10-8-7-9-14(10)11(15)16-13(4,5)6/h10H,7-9H2,1-6H3. The molecule has 1 heterocycles. The quantitative estimate of drug-likeness (QED) is 0.634. The number of amides is 1. The highest BCUT2D eigenvalue weighted by Gasteiger charge is 2.38. The van der Waals surface area contributed by atoms with E-state index in [0.29, 0.717) is 6.04 Å². The Labute approximate surface area is 99.1 Å². The van der Waals surface area contributed by atoms with Gasteiger partial charge in [0.25, 0.3) is 0 Å². The molecule has 0 aliphatic carbocycles. The minimum atomic E-state index is -0.401. The SMILES string of the molecule is CC(C)(C)OC(=O)N1CCCC1C(C)(C)C. The maximum Gasteiger partial charge on any atom is 0.410 e. The normalized spacial score (nSPS) is 22.4. The Morgan fingerprint density at radius 2 is 1.75 bits per heavy atom. The van der Waals surface area contributed by atoms with Crippen LogP contribution in [0.3, 0.4) is 0 Å². The Balaban J connectivity index is 2.69. The highest BCUT2D eigenvalue weighted by molar-refractivity contribution is 5.69. The third-order valence-corrected chi connectivity index (χ3v) is 2.88. The molecular formula is C13H25NO2. The van der Waals surface area contributed by atoms with Gasteiger partial charge in [0, 0.05) is 12.6 Å². The van der Waals surface area contributed by atoms with Crippen LogP contribution >= 0.6 is 0 Å². The van der Waals surface area contributed by atoms with Gasteiger partial charge in [-0.1, -0.05) is 20.8 Å². The van der Waals surface area contributed by atoms with E-state index >= 15 is 0 Å². The molecular weight excluding hydrogens is 202 g/mol. The molecule has 0 bridgehead atoms. The molecule has 0 aromatic rings. The summed E-state index contributed by atoms with van der Waals surface area (Å²) in [6.07, 6.45) is 2.01. The molecule has 3 heteroatoms. The summed E-state index contributed by atoms with van der Waals surface area (Å²) in [5.41, 5.74) is -0.268. The smallest absolute Gasteiger partial charge is 0.410 e. The van der Waals surface area contributed by atoms with Gasteiger partial charge in [0.15, 0.2) is 0 Å². The zero-order chi connectivity index (χ0) is 12.6. The molecule has 1 aliphatic heterocycles. The lowest BCUT2D eigenvalue weighted by Crippen LogP contribution is -2.45. The second kappa shape index (κ2) is 4.27. The molecule has 1 atom stereocenters. The molecule has 0 saturated carbocycles. The summed E-state index contributed by atoms with van der Waals surface area (Å²) in [7, 11) is 0. The van der Waals surface area contributed by atoms with Crippen molar-refractivity contribution < 1.29 is 9.53 Å². The molecule has 1 fully saturated rings. The Morgan fingerprint density at radius 1 is 1.19 bits per heavy atom. The Bertz CT molecular complexity index is 260. The number of hydrogen-bond donors (Lipinski definition) is 0. The van der Waals surface area contributed by atoms with Gasteiger partial charge in [0.1, 0.15) is 5.60 Å². The summed E-state index contributed by atoms with van der Waals surface area (Å²) in [5.74, 6) is 0. The molecule has 0 aromatic heterocycles. The van der Waals surface area contributed by atoms with Crippen LogP contribution in [0.1, 0.15) is 54.4 Å². The van der Waals surface area contributed by atoms with Gasteiger partial charge in [-0.15, -0.1) is 0 Å². The molecule has 0 N–H and O–H groups in total. The average molecular weight is 227 g/mol. The predicted molar refractivity (Wildman–Crippen MR) is 65.4 cm³/mol. The van der Waals surface area contributed by atoms with Crippen LogP contribution in [0.5, 0.6) is 0 Å². The number of ether oxygens (including phenoxy) is 1. The van der Waals surface area contributed by atoms with Gasteiger partial charge in [-0.25, -0.2) is 4.79 Å². The van der Waals surface area contributed by atoms with Crippen molar-refractivity contribution in [2.75, 3.05) is 6.54 Å². The molecule has 0 radical (unpaired) electrons. The maximum absolute atomic E-state index is 12.0. The van der Waals surface area contributed by atoms with Crippen LogP contribution in [0.4, 0.5) is 4.79 Å². The summed E-state index contributed by atoms with van der Waals surface area (Å²) in [6, 6.07) is 0.308. The van der Waals surface area contributed by atoms with Crippen molar-refractivity contribution >= 4 is 6.09 Å². The van der Waals surface area contributed by atoms with Crippen molar-refractivity contribution in [2.45, 2.75) is 66.0 Å². The fourth-order valence-electron chi connectivity index (χ4n) is 2.21. The van der Waals surface area contributed by atoms with E-state index in [9.17, 15) is 4.79 Å². The van der Waals surface area contributed by atoms with Crippen LogP contribution < -0.4 is 0 Å². The van der Waals surface area contributed by atoms with Crippen LogP contribution in [-0.2, 0) is 4.74 Å². The molecule has 1 unspecified atom stereocenters. The Kier molecular flexibility index (Phi) is 3.56. The van der Waals surface area contributed by atoms with E-state index in [0.717, 1.165) is 19.4 Å². The van der Waals surface area contributed by atoms with Gasteiger partial charge in [0.05, 0.1) is 0 Å². The van der Waals surface area contributed by atoms with Crippen molar-refractivity contribution in [3.05, 3.63) is 0 Å². The minimum absolute atomic E-state index is 0.132. The second-order valence-electron chi connectivity index (χ2n) is 6.70. The van der Waals surface area contributed by atoms with Gasteiger partial charge in [-0.3, -0.25) is 0 Å². The number of nitrogens with zero attached hydrogens (tertiary/aromatic N) is 1. The van der Waals surface area contributed by atoms with Crippen LogP contribution in [-0.4, -0.2) is 29.2 Å². The van der Waals surface area contributed by atoms with Gasteiger partial charge < -0.3 is 9.64 Å². The van der Waals surface area contributed by atoms with Crippen LogP contribution in [0.15, 0.2) is 0 Å². The lowest BCUT2D eigenvalue weighted by molar-refractivity contribution is 0.0123. The summed E-state index contributed by atoms with van der Waals surface area (Å²) in [5, 5.41) is 0. The number of hydrogen-bond acceptors (Lipinski definition) is 2. The van der Waals surface area contributed by atoms with E-state index in [1.54, 1.807) is 0 Å². The van der Waals surface area contributed by atoms with Crippen LogP contribution in [0.25, 0.3) is 0 Å². The highest BCUT2D eigenvalue weighted by Crippen LogP contribution is 2.33. The largest absolute Gasteiger partial charge is 0.444 e. The van der Waals surface area contributed by atoms with Gasteiger partial charge in [0.2, 0.25) is 0 Å². The first-order chi connectivity index (χ1) is 7.11. The molecule has 94 valence electrons. The zero-order valence-electron chi connectivity index (χ0n) is 11.5. The van der Waals surface area contributed by atoms with E-state index in [4.69, 9.17) is 4.74 Å². The first-order valence-corrected chi connectivity index (χ1v) is 6.11. The van der Waals surface area contributed by atoms with Gasteiger partial charge in [-0.05, 0) is 39.0 Å². The topological polar surface area (TPSA) is 29.5 Å². The third kappa shape index (κ3) is 3.39. The van der Waals surface area contributed by atoms with Crippen molar-refractivity contribution in [3.8, 4) is 0 Å². The summed E-state index contributed by atoms with van der Waals surface area (Å²) >= 11 is 0. The van der Waals surface area contributed by atoms with Crippen molar-refractivity contribution in [1.29, 1.82) is 0 Å². The molecule has 3 nitrogen and oxygen atoms in total. The molecule has 0 spiro atoms. The van der Waals surface area contributed by atoms with E-state index in [1.165, 1.54) is 0 Å². The van der Waals surface area contributed by atoms with Gasteiger partial charge >= 0.3 is 6.09 Å². The van der Waals surface area contributed by atoms with E-state index in [2.05, 4.69) is 20.8 Å². The van der Waals surface area contributed by atoms with Crippen LogP contribution in [0, 0.1) is 5.41 Å². The highest BCUT2D eigenvalue weighted by atomic mass is 16.6. The fourth-order valence-corrected chi connectivity index (χ4v) is 2.21. The first kappa shape index (κ1) is 13.3. The lowest BCUT2D eigenvalue weighted by Gasteiger charge is -2.35. The summed E-state index contributed by atoms with van der Waals surface area (Å²) < 4.78 is 5.43. The zero-order valence-corrected chi connectivity index (χ0v) is 11.5. The van der Waals surface area contributed by atoms with E-state index in [1.807, 2.05) is 25.7 Å². The van der Waals surface area contributed by atoms with Crippen molar-refractivity contribution in [3.63, 3.8) is 0 Å². The number of likely N-dealkylation sites (tertiary alicyclic amines) is 1. The molecule has 1 rings (SSSR count). The maximum atomic E-state index is 12.0. The number of carbonyl (C=O) groups excluding carboxylic acids is 1. The second-order valence-corrected chi connectivity index (χ2v) is 6.70. The average Bonchev–Trinajstić information content (AvgIpc) is 2.45. The van der Waals surface area contributed by atoms with E-state index in [-0.39, 0.29) is 11.5 Å². The fraction of sp³-hybridized carbons (Fsp3) is 0.923. The Morgan fingerprint density at radius 3 is 2.19 bits per heavy atom. The Hall–Kier alpha value is -0.730. The molecule has 1 saturated heterocycles. The number of rotatable bonds is 0. The molecule has 0 aromatic carbocycles. The molecule has 1 aliphatic rings. The predicted octanol–water partition coefficient (Wildman–Crippen LogP) is 3.43. The summed E-state index contributed by atoms with van der Waals surface area (Å²) in [4.78, 5) is 13.9. The first-order valence-electron chi connectivity index (χ1n) is 6.11. The molecule has 1 amide bonds. The summed E-state index contributed by atoms with van der Waals surface area (Å²) in [6.45, 7) is 13.1. The lowest BCUT2D eigenvalue weighted by atomic mass is 9.85. The van der Waals surface area contributed by atoms with Crippen LogP contribution in [0.2, 0.25) is 0 Å². The minimum Gasteiger partial charge on any atom is -0.444 e. The number of carbonyl (C=O) groups is 1.